The number of benzene rings is 2. The van der Waals surface area contributed by atoms with Crippen molar-refractivity contribution in [3.8, 4) is 0 Å². The van der Waals surface area contributed by atoms with E-state index < -0.39 is 0 Å². The summed E-state index contributed by atoms with van der Waals surface area (Å²) in [4.78, 5) is 14.6. The van der Waals surface area contributed by atoms with Gasteiger partial charge in [-0.1, -0.05) is 24.3 Å². The molecule has 1 aliphatic rings. The number of anilines is 2. The second-order valence-corrected chi connectivity index (χ2v) is 6.25. The number of rotatable bonds is 4. The summed E-state index contributed by atoms with van der Waals surface area (Å²) in [7, 11) is 0. The highest BCUT2D eigenvalue weighted by Crippen LogP contribution is 2.23. The van der Waals surface area contributed by atoms with Gasteiger partial charge in [0.25, 0.3) is 0 Å². The van der Waals surface area contributed by atoms with Gasteiger partial charge in [-0.15, -0.1) is 0 Å². The summed E-state index contributed by atoms with van der Waals surface area (Å²) >= 11 is 0. The molecule has 0 bridgehead atoms. The Morgan fingerprint density at radius 1 is 1.08 bits per heavy atom. The number of carbonyl (C=O) groups is 1. The van der Waals surface area contributed by atoms with Crippen molar-refractivity contribution in [2.45, 2.75) is 20.3 Å². The zero-order chi connectivity index (χ0) is 16.9. The molecule has 2 aromatic carbocycles. The van der Waals surface area contributed by atoms with Gasteiger partial charge in [-0.3, -0.25) is 4.79 Å². The molecule has 3 rings (SSSR count). The van der Waals surface area contributed by atoms with Crippen LogP contribution in [0.15, 0.2) is 42.5 Å². The molecule has 0 spiro atoms. The van der Waals surface area contributed by atoms with Crippen LogP contribution in [0.5, 0.6) is 0 Å². The number of carbonyl (C=O) groups excluding carboxylic acids is 1. The SMILES string of the molecule is Cc1ccccc1CC(=O)Nc1ccc(N2CCOCC2)cc1C. The predicted octanol–water partition coefficient (Wildman–Crippen LogP) is 3.32. The molecule has 1 amide bonds. The maximum Gasteiger partial charge on any atom is 0.228 e. The summed E-state index contributed by atoms with van der Waals surface area (Å²) < 4.78 is 5.40. The van der Waals surface area contributed by atoms with Crippen molar-refractivity contribution < 1.29 is 9.53 Å². The van der Waals surface area contributed by atoms with Crippen molar-refractivity contribution in [1.29, 1.82) is 0 Å². The van der Waals surface area contributed by atoms with E-state index in [1.165, 1.54) is 5.69 Å². The second-order valence-electron chi connectivity index (χ2n) is 6.25. The van der Waals surface area contributed by atoms with E-state index in [0.29, 0.717) is 6.42 Å². The monoisotopic (exact) mass is 324 g/mol. The number of hydrogen-bond donors (Lipinski definition) is 1. The standard InChI is InChI=1S/C20H24N2O2/c1-15-5-3-4-6-17(15)14-20(23)21-19-8-7-18(13-16(19)2)22-9-11-24-12-10-22/h3-8,13H,9-12,14H2,1-2H3,(H,21,23). The van der Waals surface area contributed by atoms with E-state index in [0.717, 1.165) is 48.7 Å². The molecule has 1 N–H and O–H groups in total. The number of hydrogen-bond acceptors (Lipinski definition) is 3. The fourth-order valence-electron chi connectivity index (χ4n) is 2.98. The van der Waals surface area contributed by atoms with E-state index in [1.54, 1.807) is 0 Å². The summed E-state index contributed by atoms with van der Waals surface area (Å²) in [5, 5.41) is 3.03. The van der Waals surface area contributed by atoms with Gasteiger partial charge >= 0.3 is 0 Å². The molecule has 1 aliphatic heterocycles. The third-order valence-corrected chi connectivity index (χ3v) is 4.47. The number of ether oxygens (including phenoxy) is 1. The van der Waals surface area contributed by atoms with Crippen LogP contribution in [0.2, 0.25) is 0 Å². The molecule has 1 heterocycles. The van der Waals surface area contributed by atoms with Crippen molar-refractivity contribution in [2.75, 3.05) is 36.5 Å². The Labute approximate surface area is 143 Å². The fraction of sp³-hybridized carbons (Fsp3) is 0.350. The molecule has 0 saturated carbocycles. The van der Waals surface area contributed by atoms with Gasteiger partial charge in [-0.25, -0.2) is 0 Å². The van der Waals surface area contributed by atoms with Crippen LogP contribution in [0.25, 0.3) is 0 Å². The quantitative estimate of drug-likeness (QED) is 0.938. The predicted molar refractivity (Wildman–Crippen MR) is 97.7 cm³/mol. The average molecular weight is 324 g/mol. The van der Waals surface area contributed by atoms with Crippen LogP contribution in [0.1, 0.15) is 16.7 Å². The van der Waals surface area contributed by atoms with Gasteiger partial charge in [0.15, 0.2) is 0 Å². The Kier molecular flexibility index (Phi) is 5.16. The number of nitrogens with zero attached hydrogens (tertiary/aromatic N) is 1. The summed E-state index contributed by atoms with van der Waals surface area (Å²) in [6.45, 7) is 7.44. The lowest BCUT2D eigenvalue weighted by atomic mass is 10.1. The molecular weight excluding hydrogens is 300 g/mol. The fourth-order valence-corrected chi connectivity index (χ4v) is 2.98. The topological polar surface area (TPSA) is 41.6 Å². The molecular formula is C20H24N2O2. The zero-order valence-corrected chi connectivity index (χ0v) is 14.3. The molecule has 0 aromatic heterocycles. The smallest absolute Gasteiger partial charge is 0.228 e. The number of nitrogens with one attached hydrogen (secondary N) is 1. The lowest BCUT2D eigenvalue weighted by Gasteiger charge is -2.29. The maximum atomic E-state index is 12.3. The van der Waals surface area contributed by atoms with Crippen LogP contribution in [0.4, 0.5) is 11.4 Å². The first-order valence-electron chi connectivity index (χ1n) is 8.41. The second kappa shape index (κ2) is 7.49. The van der Waals surface area contributed by atoms with E-state index in [9.17, 15) is 4.79 Å². The van der Waals surface area contributed by atoms with E-state index in [1.807, 2.05) is 44.2 Å². The van der Waals surface area contributed by atoms with Crippen LogP contribution in [-0.4, -0.2) is 32.2 Å². The summed E-state index contributed by atoms with van der Waals surface area (Å²) in [5.74, 6) is 0.0199. The molecule has 2 aromatic rings. The van der Waals surface area contributed by atoms with Crippen LogP contribution in [-0.2, 0) is 16.0 Å². The normalized spacial score (nSPS) is 14.5. The van der Waals surface area contributed by atoms with Gasteiger partial charge in [0.05, 0.1) is 19.6 Å². The minimum atomic E-state index is 0.0199. The van der Waals surface area contributed by atoms with E-state index in [-0.39, 0.29) is 5.91 Å². The van der Waals surface area contributed by atoms with Gasteiger partial charge in [-0.05, 0) is 48.7 Å². The molecule has 0 unspecified atom stereocenters. The Morgan fingerprint density at radius 3 is 2.54 bits per heavy atom. The number of aryl methyl sites for hydroxylation is 2. The minimum absolute atomic E-state index is 0.0199. The summed E-state index contributed by atoms with van der Waals surface area (Å²) in [5.41, 5.74) is 5.36. The van der Waals surface area contributed by atoms with Gasteiger partial charge in [0.1, 0.15) is 0 Å². The number of morpholine rings is 1. The number of amides is 1. The van der Waals surface area contributed by atoms with Gasteiger partial charge < -0.3 is 15.0 Å². The lowest BCUT2D eigenvalue weighted by molar-refractivity contribution is -0.115. The maximum absolute atomic E-state index is 12.3. The molecule has 126 valence electrons. The van der Waals surface area contributed by atoms with Crippen molar-refractivity contribution in [3.63, 3.8) is 0 Å². The highest BCUT2D eigenvalue weighted by Gasteiger charge is 2.13. The molecule has 1 fully saturated rings. The molecule has 4 heteroatoms. The largest absolute Gasteiger partial charge is 0.378 e. The summed E-state index contributed by atoms with van der Waals surface area (Å²) in [6.07, 6.45) is 0.400. The molecule has 0 aliphatic carbocycles. The van der Waals surface area contributed by atoms with Crippen LogP contribution in [0, 0.1) is 13.8 Å². The van der Waals surface area contributed by atoms with Crippen LogP contribution >= 0.6 is 0 Å². The third kappa shape index (κ3) is 3.95. The van der Waals surface area contributed by atoms with E-state index in [2.05, 4.69) is 22.3 Å². The lowest BCUT2D eigenvalue weighted by Crippen LogP contribution is -2.36. The average Bonchev–Trinajstić information content (AvgIpc) is 2.59. The molecule has 0 atom stereocenters. The van der Waals surface area contributed by atoms with Crippen molar-refractivity contribution in [1.82, 2.24) is 0 Å². The Bertz CT molecular complexity index is 721. The van der Waals surface area contributed by atoms with Crippen molar-refractivity contribution >= 4 is 17.3 Å². The van der Waals surface area contributed by atoms with E-state index >= 15 is 0 Å². The Balaban J connectivity index is 1.66. The zero-order valence-electron chi connectivity index (χ0n) is 14.3. The van der Waals surface area contributed by atoms with Gasteiger partial charge in [0, 0.05) is 24.5 Å². The van der Waals surface area contributed by atoms with Gasteiger partial charge in [-0.2, -0.15) is 0 Å². The highest BCUT2D eigenvalue weighted by atomic mass is 16.5. The Morgan fingerprint density at radius 2 is 1.83 bits per heavy atom. The molecule has 0 radical (unpaired) electrons. The highest BCUT2D eigenvalue weighted by molar-refractivity contribution is 5.93. The molecule has 1 saturated heterocycles. The van der Waals surface area contributed by atoms with Crippen LogP contribution in [0.3, 0.4) is 0 Å². The van der Waals surface area contributed by atoms with Gasteiger partial charge in [0.2, 0.25) is 5.91 Å². The first-order valence-corrected chi connectivity index (χ1v) is 8.41. The van der Waals surface area contributed by atoms with E-state index in [4.69, 9.17) is 4.74 Å². The first kappa shape index (κ1) is 16.5. The van der Waals surface area contributed by atoms with Crippen molar-refractivity contribution in [3.05, 3.63) is 59.2 Å². The Hall–Kier alpha value is -2.33. The molecule has 24 heavy (non-hydrogen) atoms. The van der Waals surface area contributed by atoms with Crippen LogP contribution < -0.4 is 10.2 Å². The third-order valence-electron chi connectivity index (χ3n) is 4.47. The minimum Gasteiger partial charge on any atom is -0.378 e. The summed E-state index contributed by atoms with van der Waals surface area (Å²) in [6, 6.07) is 14.2. The molecule has 4 nitrogen and oxygen atoms in total. The first-order chi connectivity index (χ1) is 11.6. The van der Waals surface area contributed by atoms with Crippen molar-refractivity contribution in [2.24, 2.45) is 0 Å².